The Bertz CT molecular complexity index is 668. The second-order valence-electron chi connectivity index (χ2n) is 7.65. The molecule has 1 aromatic carbocycles. The van der Waals surface area contributed by atoms with Gasteiger partial charge in [-0.3, -0.25) is 0 Å². The Kier molecular flexibility index (Phi) is 4.00. The van der Waals surface area contributed by atoms with Gasteiger partial charge in [-0.1, -0.05) is 0 Å². The first kappa shape index (κ1) is 15.6. The summed E-state index contributed by atoms with van der Waals surface area (Å²) in [5.41, 5.74) is 0. The van der Waals surface area contributed by atoms with Gasteiger partial charge in [0.05, 0.1) is 0 Å². The van der Waals surface area contributed by atoms with E-state index in [4.69, 9.17) is 0 Å². The van der Waals surface area contributed by atoms with Crippen molar-refractivity contribution >= 4 is 81.0 Å². The van der Waals surface area contributed by atoms with Crippen molar-refractivity contribution in [3.63, 3.8) is 0 Å². The molecule has 106 valence electrons. The molecular weight excluding hydrogens is 504 g/mol. The molecule has 20 heavy (non-hydrogen) atoms. The zero-order chi connectivity index (χ0) is 14.7. The molecule has 0 spiro atoms. The molecular formula is C16H22Si2Te2. The summed E-state index contributed by atoms with van der Waals surface area (Å²) < 4.78 is 7.15. The fourth-order valence-electron chi connectivity index (χ4n) is 2.31. The summed E-state index contributed by atoms with van der Waals surface area (Å²) in [7, 11) is -2.14. The van der Waals surface area contributed by atoms with Crippen LogP contribution in [0.2, 0.25) is 39.3 Å². The predicted octanol–water partition coefficient (Wildman–Crippen LogP) is 3.20. The van der Waals surface area contributed by atoms with Gasteiger partial charge < -0.3 is 0 Å². The Hall–Kier alpha value is 0.713. The molecule has 0 fully saturated rings. The molecule has 0 amide bonds. The summed E-state index contributed by atoms with van der Waals surface area (Å²) in [6.07, 6.45) is 0. The molecule has 3 rings (SSSR count). The Labute approximate surface area is 143 Å². The van der Waals surface area contributed by atoms with E-state index in [1.807, 2.05) is 6.41 Å². The maximum absolute atomic E-state index is 2.57. The van der Waals surface area contributed by atoms with Crippen LogP contribution < -0.4 is 6.41 Å². The minimum atomic E-state index is -1.07. The van der Waals surface area contributed by atoms with Crippen LogP contribution in [0.3, 0.4) is 0 Å². The van der Waals surface area contributed by atoms with E-state index in [9.17, 15) is 0 Å². The molecule has 0 nitrogen and oxygen atoms in total. The molecule has 0 radical (unpaired) electrons. The maximum atomic E-state index is 2.57. The monoisotopic (exact) mass is 530 g/mol. The third-order valence-electron chi connectivity index (χ3n) is 3.63. The third kappa shape index (κ3) is 2.94. The van der Waals surface area contributed by atoms with Crippen molar-refractivity contribution in [2.75, 3.05) is 0 Å². The minimum absolute atomic E-state index is 0.0618. The Balaban J connectivity index is 2.20. The molecule has 0 atom stereocenters. The quantitative estimate of drug-likeness (QED) is 0.451. The average Bonchev–Trinajstić information content (AvgIpc) is 2.85. The van der Waals surface area contributed by atoms with Gasteiger partial charge in [0.2, 0.25) is 0 Å². The van der Waals surface area contributed by atoms with Crippen molar-refractivity contribution in [1.29, 1.82) is 0 Å². The van der Waals surface area contributed by atoms with E-state index in [1.165, 1.54) is 0 Å². The molecule has 0 aliphatic rings. The van der Waals surface area contributed by atoms with E-state index in [0.29, 0.717) is 0 Å². The van der Waals surface area contributed by atoms with E-state index in [1.54, 1.807) is 17.6 Å². The van der Waals surface area contributed by atoms with Crippen LogP contribution in [0.1, 0.15) is 0 Å². The second-order valence-corrected chi connectivity index (χ2v) is 26.2. The first-order valence-electron chi connectivity index (χ1n) is 7.13. The van der Waals surface area contributed by atoms with Crippen LogP contribution in [0.25, 0.3) is 17.6 Å². The fourth-order valence-corrected chi connectivity index (χ4v) is 15.6. The van der Waals surface area contributed by atoms with Crippen LogP contribution in [0.15, 0.2) is 24.3 Å². The van der Waals surface area contributed by atoms with Crippen LogP contribution in [0.4, 0.5) is 0 Å². The van der Waals surface area contributed by atoms with E-state index >= 15 is 0 Å². The standard InChI is InChI=1S/C16H22Si2Te2/c1-17(2,3)15-9-11-7-14-12(8-13(11)19-15)10-16(20-14)18(4,5)6/h7-10H,1-6H3. The van der Waals surface area contributed by atoms with Gasteiger partial charge in [0.15, 0.2) is 0 Å². The molecule has 0 saturated heterocycles. The first-order valence-corrected chi connectivity index (χ1v) is 18.8. The summed E-state index contributed by atoms with van der Waals surface area (Å²) in [4.78, 5) is 0. The molecule has 0 aliphatic carbocycles. The Morgan fingerprint density at radius 3 is 1.25 bits per heavy atom. The second kappa shape index (κ2) is 5.12. The topological polar surface area (TPSA) is 0 Å². The Morgan fingerprint density at radius 1 is 0.600 bits per heavy atom. The van der Waals surface area contributed by atoms with Gasteiger partial charge in [0, 0.05) is 0 Å². The third-order valence-corrected chi connectivity index (χ3v) is 23.9. The van der Waals surface area contributed by atoms with Crippen LogP contribution in [-0.4, -0.2) is 57.0 Å². The van der Waals surface area contributed by atoms with Gasteiger partial charge in [-0.25, -0.2) is 0 Å². The van der Waals surface area contributed by atoms with Crippen molar-refractivity contribution in [2.24, 2.45) is 0 Å². The van der Waals surface area contributed by atoms with E-state index in [0.717, 1.165) is 0 Å². The fraction of sp³-hybridized carbons (Fsp3) is 0.375. The van der Waals surface area contributed by atoms with Crippen LogP contribution in [0, 0.1) is 0 Å². The summed E-state index contributed by atoms with van der Waals surface area (Å²) in [6.45, 7) is 15.0. The first-order chi connectivity index (χ1) is 9.14. The summed E-state index contributed by atoms with van der Waals surface area (Å²) >= 11 is -0.124. The van der Waals surface area contributed by atoms with Gasteiger partial charge in [-0.15, -0.1) is 0 Å². The average molecular weight is 526 g/mol. The van der Waals surface area contributed by atoms with Crippen molar-refractivity contribution < 1.29 is 0 Å². The molecule has 4 heteroatoms. The molecule has 0 N–H and O–H groups in total. The normalized spacial score (nSPS) is 13.5. The van der Waals surface area contributed by atoms with Crippen LogP contribution in [-0.2, 0) is 0 Å². The molecule has 0 unspecified atom stereocenters. The zero-order valence-electron chi connectivity index (χ0n) is 13.1. The molecule has 2 aromatic heterocycles. The van der Waals surface area contributed by atoms with E-state index in [-0.39, 0.29) is 40.9 Å². The van der Waals surface area contributed by atoms with Gasteiger partial charge in [0.1, 0.15) is 0 Å². The zero-order valence-corrected chi connectivity index (χ0v) is 19.8. The summed E-state index contributed by atoms with van der Waals surface area (Å²) in [5, 5.41) is 3.19. The van der Waals surface area contributed by atoms with E-state index < -0.39 is 16.1 Å². The molecule has 0 bridgehead atoms. The van der Waals surface area contributed by atoms with Crippen LogP contribution in [0.5, 0.6) is 0 Å². The number of fused-ring (bicyclic) bond motifs is 2. The van der Waals surface area contributed by atoms with E-state index in [2.05, 4.69) is 63.5 Å². The van der Waals surface area contributed by atoms with Crippen molar-refractivity contribution in [1.82, 2.24) is 0 Å². The molecule has 3 aromatic rings. The number of rotatable bonds is 2. The van der Waals surface area contributed by atoms with Gasteiger partial charge in [0.25, 0.3) is 0 Å². The van der Waals surface area contributed by atoms with Gasteiger partial charge in [-0.2, -0.15) is 0 Å². The number of hydrogen-bond donors (Lipinski definition) is 0. The van der Waals surface area contributed by atoms with Gasteiger partial charge >= 0.3 is 145 Å². The molecule has 0 saturated carbocycles. The van der Waals surface area contributed by atoms with Crippen LogP contribution >= 0.6 is 0 Å². The Morgan fingerprint density at radius 2 is 0.950 bits per heavy atom. The number of hydrogen-bond acceptors (Lipinski definition) is 0. The van der Waals surface area contributed by atoms with Gasteiger partial charge in [-0.05, 0) is 0 Å². The molecule has 2 heterocycles. The number of benzene rings is 1. The molecule has 0 aliphatic heterocycles. The van der Waals surface area contributed by atoms with Crippen molar-refractivity contribution in [3.05, 3.63) is 24.3 Å². The summed E-state index contributed by atoms with van der Waals surface area (Å²) in [5.74, 6) is 0. The van der Waals surface area contributed by atoms with Crippen molar-refractivity contribution in [3.8, 4) is 0 Å². The summed E-state index contributed by atoms with van der Waals surface area (Å²) in [6, 6.07) is 10.3. The SMILES string of the molecule is C[Si](C)(C)c1cc2cc3[te]c([Si](C)(C)C)cc3cc2[te]1. The van der Waals surface area contributed by atoms with Crippen molar-refractivity contribution in [2.45, 2.75) is 39.3 Å². The predicted molar refractivity (Wildman–Crippen MR) is 101 cm³/mol.